The summed E-state index contributed by atoms with van der Waals surface area (Å²) in [6, 6.07) is 6.34. The van der Waals surface area contributed by atoms with E-state index < -0.39 is 0 Å². The van der Waals surface area contributed by atoms with Gasteiger partial charge in [0, 0.05) is 25.7 Å². The molecule has 0 aliphatic carbocycles. The smallest absolute Gasteiger partial charge is 0.191 e. The Morgan fingerprint density at radius 2 is 2.00 bits per heavy atom. The van der Waals surface area contributed by atoms with Gasteiger partial charge in [-0.2, -0.15) is 0 Å². The second-order valence-electron chi connectivity index (χ2n) is 6.93. The number of aliphatic imine (C=N–C) groups is 1. The van der Waals surface area contributed by atoms with E-state index in [-0.39, 0.29) is 24.0 Å². The summed E-state index contributed by atoms with van der Waals surface area (Å²) < 4.78 is 5.75. The topological polar surface area (TPSA) is 48.9 Å². The highest BCUT2D eigenvalue weighted by atomic mass is 127. The quantitative estimate of drug-likeness (QED) is 0.362. The normalized spacial score (nSPS) is 16.1. The Morgan fingerprint density at radius 1 is 1.27 bits per heavy atom. The van der Waals surface area contributed by atoms with Gasteiger partial charge < -0.3 is 20.3 Å². The maximum atomic E-state index is 5.75. The standard InChI is InChI=1S/C20H34N4O.HI/c1-5-25-19-14-16(2)6-7-18(19)15-23-20(21-3)22-11-8-17-9-12-24(4)13-10-17;/h6-7,14,17H,5,8-13,15H2,1-4H3,(H2,21,22,23);1H. The van der Waals surface area contributed by atoms with E-state index in [1.807, 2.05) is 14.0 Å². The maximum absolute atomic E-state index is 5.75. The number of benzene rings is 1. The fraction of sp³-hybridized carbons (Fsp3) is 0.650. The molecule has 0 atom stereocenters. The van der Waals surface area contributed by atoms with Crippen molar-refractivity contribution in [3.63, 3.8) is 0 Å². The van der Waals surface area contributed by atoms with Crippen molar-refractivity contribution in [3.05, 3.63) is 29.3 Å². The monoisotopic (exact) mass is 474 g/mol. The molecule has 1 aromatic carbocycles. The maximum Gasteiger partial charge on any atom is 0.191 e. The minimum atomic E-state index is 0. The molecule has 148 valence electrons. The van der Waals surface area contributed by atoms with Crippen LogP contribution in [0.1, 0.15) is 37.3 Å². The molecule has 1 saturated heterocycles. The van der Waals surface area contributed by atoms with E-state index in [9.17, 15) is 0 Å². The summed E-state index contributed by atoms with van der Waals surface area (Å²) in [7, 11) is 4.03. The zero-order chi connectivity index (χ0) is 18.1. The van der Waals surface area contributed by atoms with E-state index in [0.717, 1.165) is 29.7 Å². The third-order valence-electron chi connectivity index (χ3n) is 4.88. The number of nitrogens with zero attached hydrogens (tertiary/aromatic N) is 2. The van der Waals surface area contributed by atoms with E-state index in [1.165, 1.54) is 37.9 Å². The van der Waals surface area contributed by atoms with E-state index in [1.54, 1.807) is 0 Å². The average molecular weight is 474 g/mol. The Kier molecular flexibility index (Phi) is 11.0. The van der Waals surface area contributed by atoms with Crippen LogP contribution in [0.25, 0.3) is 0 Å². The van der Waals surface area contributed by atoms with Crippen molar-refractivity contribution in [1.82, 2.24) is 15.5 Å². The average Bonchev–Trinajstić information content (AvgIpc) is 2.61. The van der Waals surface area contributed by atoms with Crippen molar-refractivity contribution >= 4 is 29.9 Å². The Hall–Kier alpha value is -1.02. The number of likely N-dealkylation sites (tertiary alicyclic amines) is 1. The Morgan fingerprint density at radius 3 is 2.65 bits per heavy atom. The van der Waals surface area contributed by atoms with Crippen LogP contribution >= 0.6 is 24.0 Å². The Labute approximate surface area is 176 Å². The van der Waals surface area contributed by atoms with E-state index in [2.05, 4.69) is 52.7 Å². The van der Waals surface area contributed by atoms with Crippen LogP contribution in [0.15, 0.2) is 23.2 Å². The first-order valence-electron chi connectivity index (χ1n) is 9.47. The molecule has 0 aromatic heterocycles. The molecule has 2 N–H and O–H groups in total. The predicted molar refractivity (Wildman–Crippen MR) is 121 cm³/mol. The molecule has 2 rings (SSSR count). The van der Waals surface area contributed by atoms with Crippen molar-refractivity contribution in [2.75, 3.05) is 40.3 Å². The number of aryl methyl sites for hydroxylation is 1. The number of guanidine groups is 1. The molecule has 1 aliphatic heterocycles. The molecule has 0 saturated carbocycles. The predicted octanol–water partition coefficient (Wildman–Crippen LogP) is 3.41. The molecule has 0 unspecified atom stereocenters. The third kappa shape index (κ3) is 7.70. The van der Waals surface area contributed by atoms with Gasteiger partial charge in [-0.1, -0.05) is 12.1 Å². The van der Waals surface area contributed by atoms with Crippen LogP contribution < -0.4 is 15.4 Å². The number of halogens is 1. The van der Waals surface area contributed by atoms with Crippen molar-refractivity contribution in [2.45, 2.75) is 39.7 Å². The van der Waals surface area contributed by atoms with E-state index in [4.69, 9.17) is 4.74 Å². The van der Waals surface area contributed by atoms with Gasteiger partial charge in [-0.05, 0) is 70.8 Å². The molecule has 0 amide bonds. The summed E-state index contributed by atoms with van der Waals surface area (Å²) in [6.07, 6.45) is 3.83. The Bertz CT molecular complexity index is 557. The number of rotatable bonds is 7. The summed E-state index contributed by atoms with van der Waals surface area (Å²) in [5.74, 6) is 2.65. The summed E-state index contributed by atoms with van der Waals surface area (Å²) >= 11 is 0. The summed E-state index contributed by atoms with van der Waals surface area (Å²) in [4.78, 5) is 6.76. The third-order valence-corrected chi connectivity index (χ3v) is 4.88. The van der Waals surface area contributed by atoms with Gasteiger partial charge in [-0.25, -0.2) is 0 Å². The molecule has 1 aromatic rings. The highest BCUT2D eigenvalue weighted by Crippen LogP contribution is 2.20. The molecule has 5 nitrogen and oxygen atoms in total. The van der Waals surface area contributed by atoms with Gasteiger partial charge in [0.2, 0.25) is 0 Å². The molecule has 1 fully saturated rings. The lowest BCUT2D eigenvalue weighted by Gasteiger charge is -2.29. The van der Waals surface area contributed by atoms with Crippen molar-refractivity contribution in [3.8, 4) is 5.75 Å². The second-order valence-corrected chi connectivity index (χ2v) is 6.93. The van der Waals surface area contributed by atoms with Crippen LogP contribution in [0, 0.1) is 12.8 Å². The van der Waals surface area contributed by atoms with Gasteiger partial charge in [-0.3, -0.25) is 4.99 Å². The van der Waals surface area contributed by atoms with Crippen LogP contribution in [0.2, 0.25) is 0 Å². The van der Waals surface area contributed by atoms with Gasteiger partial charge in [0.1, 0.15) is 5.75 Å². The lowest BCUT2D eigenvalue weighted by molar-refractivity contribution is 0.213. The summed E-state index contributed by atoms with van der Waals surface area (Å²) in [5.41, 5.74) is 2.37. The van der Waals surface area contributed by atoms with Crippen molar-refractivity contribution in [1.29, 1.82) is 0 Å². The number of nitrogens with one attached hydrogen (secondary N) is 2. The minimum Gasteiger partial charge on any atom is -0.494 e. The molecule has 0 radical (unpaired) electrons. The first-order valence-corrected chi connectivity index (χ1v) is 9.47. The molecule has 1 aliphatic rings. The number of piperidine rings is 1. The lowest BCUT2D eigenvalue weighted by atomic mass is 9.94. The van der Waals surface area contributed by atoms with Crippen LogP contribution in [-0.4, -0.2) is 51.2 Å². The molecule has 6 heteroatoms. The number of hydrogen-bond donors (Lipinski definition) is 2. The van der Waals surface area contributed by atoms with Gasteiger partial charge in [0.25, 0.3) is 0 Å². The zero-order valence-electron chi connectivity index (χ0n) is 16.7. The highest BCUT2D eigenvalue weighted by Gasteiger charge is 2.16. The van der Waals surface area contributed by atoms with Crippen molar-refractivity contribution < 1.29 is 4.74 Å². The fourth-order valence-corrected chi connectivity index (χ4v) is 3.24. The second kappa shape index (κ2) is 12.4. The van der Waals surface area contributed by atoms with Crippen LogP contribution in [-0.2, 0) is 6.54 Å². The molecular weight excluding hydrogens is 439 g/mol. The SMILES string of the molecule is CCOc1cc(C)ccc1CNC(=NC)NCCC1CCN(C)CC1.I. The minimum absolute atomic E-state index is 0. The van der Waals surface area contributed by atoms with Gasteiger partial charge >= 0.3 is 0 Å². The zero-order valence-corrected chi connectivity index (χ0v) is 19.0. The van der Waals surface area contributed by atoms with Gasteiger partial charge in [-0.15, -0.1) is 24.0 Å². The summed E-state index contributed by atoms with van der Waals surface area (Å²) in [5, 5.41) is 6.84. The largest absolute Gasteiger partial charge is 0.494 e. The molecule has 0 bridgehead atoms. The lowest BCUT2D eigenvalue weighted by Crippen LogP contribution is -2.38. The fourth-order valence-electron chi connectivity index (χ4n) is 3.24. The molecule has 1 heterocycles. The number of hydrogen-bond acceptors (Lipinski definition) is 3. The van der Waals surface area contributed by atoms with Crippen LogP contribution in [0.5, 0.6) is 5.75 Å². The highest BCUT2D eigenvalue weighted by molar-refractivity contribution is 14.0. The van der Waals surface area contributed by atoms with Gasteiger partial charge in [0.15, 0.2) is 5.96 Å². The van der Waals surface area contributed by atoms with E-state index in [0.29, 0.717) is 13.2 Å². The Balaban J connectivity index is 0.00000338. The number of ether oxygens (including phenoxy) is 1. The first kappa shape index (κ1) is 23.0. The van der Waals surface area contributed by atoms with Crippen molar-refractivity contribution in [2.24, 2.45) is 10.9 Å². The van der Waals surface area contributed by atoms with E-state index >= 15 is 0 Å². The molecule has 0 spiro atoms. The van der Waals surface area contributed by atoms with Crippen LogP contribution in [0.4, 0.5) is 0 Å². The first-order chi connectivity index (χ1) is 12.1. The molecular formula is C20H35IN4O. The molecule has 26 heavy (non-hydrogen) atoms. The van der Waals surface area contributed by atoms with Crippen LogP contribution in [0.3, 0.4) is 0 Å². The van der Waals surface area contributed by atoms with Gasteiger partial charge in [0.05, 0.1) is 6.61 Å². The summed E-state index contributed by atoms with van der Waals surface area (Å²) in [6.45, 7) is 8.92.